The lowest BCUT2D eigenvalue weighted by atomic mass is 10.9. The molecule has 0 N–H and O–H groups in total. The third-order valence-corrected chi connectivity index (χ3v) is 1.59. The normalized spacial score (nSPS) is 13.6. The predicted octanol–water partition coefficient (Wildman–Crippen LogP) is 0.908. The van der Waals surface area contributed by atoms with Gasteiger partial charge < -0.3 is 5.21 Å². The minimum atomic E-state index is 0.792. The van der Waals surface area contributed by atoms with Crippen molar-refractivity contribution in [3.05, 3.63) is 5.21 Å². The number of hydrogen-bond acceptors (Lipinski definition) is 2. The third kappa shape index (κ3) is 2.51. The van der Waals surface area contributed by atoms with Gasteiger partial charge in [0.05, 0.1) is 0 Å². The van der Waals surface area contributed by atoms with Crippen LogP contribution in [0, 0.1) is 5.21 Å². The second kappa shape index (κ2) is 2.91. The Morgan fingerprint density at radius 3 is 2.14 bits per heavy atom. The van der Waals surface area contributed by atoms with Crippen molar-refractivity contribution in [1.29, 1.82) is 0 Å². The summed E-state index contributed by atoms with van der Waals surface area (Å²) >= 11 is 1.46. The molecule has 7 heavy (non-hydrogen) atoms. The first-order valence-corrected chi connectivity index (χ1v) is 3.19. The molecule has 0 fully saturated rings. The van der Waals surface area contributed by atoms with Crippen molar-refractivity contribution in [3.8, 4) is 0 Å². The summed E-state index contributed by atoms with van der Waals surface area (Å²) in [6.45, 7) is 1.79. The first-order chi connectivity index (χ1) is 3.18. The molecule has 0 heterocycles. The molecule has 0 saturated heterocycles. The van der Waals surface area contributed by atoms with E-state index in [1.165, 1.54) is 18.8 Å². The van der Waals surface area contributed by atoms with Crippen molar-refractivity contribution < 1.29 is 4.74 Å². The molecule has 3 heteroatoms. The van der Waals surface area contributed by atoms with Crippen molar-refractivity contribution in [2.45, 2.75) is 6.92 Å². The molecular weight excluding hydrogens is 110 g/mol. The summed E-state index contributed by atoms with van der Waals surface area (Å²) in [5.74, 6) is 0. The highest BCUT2D eigenvalue weighted by molar-refractivity contribution is 8.13. The fraction of sp³-hybridized carbons (Fsp3) is 0.750. The van der Waals surface area contributed by atoms with Gasteiger partial charge in [0.1, 0.15) is 7.05 Å². The second-order valence-corrected chi connectivity index (χ2v) is 2.22. The molecule has 42 valence electrons. The van der Waals surface area contributed by atoms with Gasteiger partial charge in [-0.1, -0.05) is 11.8 Å². The van der Waals surface area contributed by atoms with Crippen LogP contribution in [0.25, 0.3) is 0 Å². The van der Waals surface area contributed by atoms with Crippen molar-refractivity contribution in [3.63, 3.8) is 0 Å². The van der Waals surface area contributed by atoms with Gasteiger partial charge in [0.25, 0.3) is 0 Å². The summed E-state index contributed by atoms with van der Waals surface area (Å²) in [5, 5.41) is 11.0. The van der Waals surface area contributed by atoms with E-state index in [0.29, 0.717) is 0 Å². The number of hydrogen-bond donors (Lipinski definition) is 0. The molecule has 0 bridgehead atoms. The molecule has 2 nitrogen and oxygen atoms in total. The number of thioether (sulfide) groups is 1. The van der Waals surface area contributed by atoms with Crippen molar-refractivity contribution in [2.24, 2.45) is 0 Å². The Bertz CT molecular complexity index is 85.7. The number of rotatable bonds is 0. The van der Waals surface area contributed by atoms with Crippen LogP contribution in [0.1, 0.15) is 6.92 Å². The summed E-state index contributed by atoms with van der Waals surface area (Å²) < 4.78 is 0.852. The Hall–Kier alpha value is -0.180. The Balaban J connectivity index is 3.72. The smallest absolute Gasteiger partial charge is 0.218 e. The van der Waals surface area contributed by atoms with E-state index in [1.807, 2.05) is 6.26 Å². The molecule has 0 spiro atoms. The molecule has 0 radical (unpaired) electrons. The highest BCUT2D eigenvalue weighted by Crippen LogP contribution is 1.93. The molecule has 0 saturated carbocycles. The van der Waals surface area contributed by atoms with Gasteiger partial charge in [-0.2, -0.15) is 0 Å². The lowest BCUT2D eigenvalue weighted by Crippen LogP contribution is -2.01. The maximum Gasteiger partial charge on any atom is 0.218 e. The zero-order valence-electron chi connectivity index (χ0n) is 4.76. The molecule has 0 aromatic carbocycles. The van der Waals surface area contributed by atoms with Crippen molar-refractivity contribution >= 4 is 16.8 Å². The van der Waals surface area contributed by atoms with Gasteiger partial charge in [-0.25, -0.2) is 4.74 Å². The number of hydroxylamine groups is 1. The average Bonchev–Trinajstić information content (AvgIpc) is 1.65. The first kappa shape index (κ1) is 6.82. The largest absolute Gasteiger partial charge is 0.623 e. The number of nitrogens with zero attached hydrogens (tertiary/aromatic N) is 1. The molecule has 0 aliphatic rings. The highest BCUT2D eigenvalue weighted by Gasteiger charge is 1.90. The van der Waals surface area contributed by atoms with Gasteiger partial charge in [-0.3, -0.25) is 0 Å². The Kier molecular flexibility index (Phi) is 2.83. The standard InChI is InChI=1S/C4H9NOS/c1-4(7-3)5(2)6/h1-3H3/b5-4-. The molecular formula is C4H9NOS. The van der Waals surface area contributed by atoms with Crippen LogP contribution >= 0.6 is 11.8 Å². The first-order valence-electron chi connectivity index (χ1n) is 1.97. The molecule has 0 aromatic heterocycles. The maximum absolute atomic E-state index is 10.2. The van der Waals surface area contributed by atoms with Gasteiger partial charge in [0.2, 0.25) is 5.04 Å². The van der Waals surface area contributed by atoms with Gasteiger partial charge in [0, 0.05) is 6.92 Å². The van der Waals surface area contributed by atoms with E-state index in [4.69, 9.17) is 0 Å². The fourth-order valence-electron chi connectivity index (χ4n) is 0.129. The molecule has 0 aliphatic carbocycles. The molecule has 0 atom stereocenters. The lowest BCUT2D eigenvalue weighted by Gasteiger charge is -1.96. The van der Waals surface area contributed by atoms with Crippen LogP contribution in [0.15, 0.2) is 0 Å². The van der Waals surface area contributed by atoms with Crippen LogP contribution in [-0.2, 0) is 0 Å². The molecule has 0 amide bonds. The summed E-state index contributed by atoms with van der Waals surface area (Å²) in [6, 6.07) is 0. The summed E-state index contributed by atoms with van der Waals surface area (Å²) in [4.78, 5) is 0. The van der Waals surface area contributed by atoms with Crippen LogP contribution in [-0.4, -0.2) is 23.1 Å². The Morgan fingerprint density at radius 1 is 1.71 bits per heavy atom. The zero-order chi connectivity index (χ0) is 5.86. The third-order valence-electron chi connectivity index (χ3n) is 0.739. The topological polar surface area (TPSA) is 26.1 Å². The Labute approximate surface area is 47.8 Å². The molecule has 0 rings (SSSR count). The van der Waals surface area contributed by atoms with Crippen molar-refractivity contribution in [1.82, 2.24) is 0 Å². The van der Waals surface area contributed by atoms with Crippen LogP contribution in [0.2, 0.25) is 0 Å². The fourth-order valence-corrected chi connectivity index (χ4v) is 0.386. The van der Waals surface area contributed by atoms with Crippen LogP contribution < -0.4 is 0 Å². The summed E-state index contributed by atoms with van der Waals surface area (Å²) in [5.41, 5.74) is 0. The van der Waals surface area contributed by atoms with E-state index >= 15 is 0 Å². The van der Waals surface area contributed by atoms with Crippen LogP contribution in [0.3, 0.4) is 0 Å². The molecule has 0 aliphatic heterocycles. The van der Waals surface area contributed by atoms with E-state index in [-0.39, 0.29) is 0 Å². The van der Waals surface area contributed by atoms with Crippen LogP contribution in [0.5, 0.6) is 0 Å². The minimum absolute atomic E-state index is 0.792. The van der Waals surface area contributed by atoms with E-state index in [2.05, 4.69) is 0 Å². The summed E-state index contributed by atoms with van der Waals surface area (Å²) in [6.07, 6.45) is 1.88. The Morgan fingerprint density at radius 2 is 2.14 bits per heavy atom. The molecule has 0 aromatic rings. The zero-order valence-corrected chi connectivity index (χ0v) is 5.58. The van der Waals surface area contributed by atoms with E-state index < -0.39 is 0 Å². The molecule has 0 unspecified atom stereocenters. The average molecular weight is 119 g/mol. The highest BCUT2D eigenvalue weighted by atomic mass is 32.2. The van der Waals surface area contributed by atoms with Gasteiger partial charge in [-0.05, 0) is 6.26 Å². The maximum atomic E-state index is 10.2. The van der Waals surface area contributed by atoms with E-state index in [0.717, 1.165) is 9.78 Å². The SMILES string of the molecule is CS/C(C)=[N+](/C)[O-]. The van der Waals surface area contributed by atoms with Crippen LogP contribution in [0.4, 0.5) is 0 Å². The van der Waals surface area contributed by atoms with Gasteiger partial charge in [-0.15, -0.1) is 0 Å². The van der Waals surface area contributed by atoms with Gasteiger partial charge in [0.15, 0.2) is 0 Å². The second-order valence-electron chi connectivity index (χ2n) is 1.22. The quantitative estimate of drug-likeness (QED) is 0.156. The predicted molar refractivity (Wildman–Crippen MR) is 33.7 cm³/mol. The van der Waals surface area contributed by atoms with E-state index in [1.54, 1.807) is 6.92 Å². The lowest BCUT2D eigenvalue weighted by molar-refractivity contribution is -0.419. The van der Waals surface area contributed by atoms with Crippen molar-refractivity contribution in [2.75, 3.05) is 13.3 Å². The summed E-state index contributed by atoms with van der Waals surface area (Å²) in [7, 11) is 1.49. The van der Waals surface area contributed by atoms with Gasteiger partial charge >= 0.3 is 0 Å². The monoisotopic (exact) mass is 119 g/mol. The van der Waals surface area contributed by atoms with E-state index in [9.17, 15) is 5.21 Å². The minimum Gasteiger partial charge on any atom is -0.623 e.